The summed E-state index contributed by atoms with van der Waals surface area (Å²) in [5.41, 5.74) is 3.45. The van der Waals surface area contributed by atoms with Gasteiger partial charge in [0.25, 0.3) is 5.91 Å². The van der Waals surface area contributed by atoms with Crippen LogP contribution in [-0.4, -0.2) is 30.0 Å². The fourth-order valence-corrected chi connectivity index (χ4v) is 2.88. The number of carbonyl (C=O) groups is 2. The maximum atomic E-state index is 12.4. The summed E-state index contributed by atoms with van der Waals surface area (Å²) >= 11 is 0. The van der Waals surface area contributed by atoms with Gasteiger partial charge in [-0.3, -0.25) is 14.6 Å². The molecule has 0 saturated carbocycles. The quantitative estimate of drug-likeness (QED) is 0.543. The van der Waals surface area contributed by atoms with Gasteiger partial charge in [0.2, 0.25) is 0 Å². The monoisotopic (exact) mass is 356 g/mol. The molecule has 0 aliphatic carbocycles. The number of nitrogens with zero attached hydrogens (tertiary/aromatic N) is 1. The van der Waals surface area contributed by atoms with Crippen molar-refractivity contribution in [2.75, 3.05) is 13.2 Å². The number of carbonyl (C=O) groups excluding carboxylic acids is 2. The van der Waals surface area contributed by atoms with Gasteiger partial charge in [0.1, 0.15) is 0 Å². The van der Waals surface area contributed by atoms with Crippen LogP contribution >= 0.6 is 0 Å². The molecule has 140 valence electrons. The molecule has 0 atom stereocenters. The SMILES string of the molecule is CCOC(=O)CCCCCCNC(=O)c1cc2ccc(C)cc2nc1C. The van der Waals surface area contributed by atoms with Crippen molar-refractivity contribution in [2.24, 2.45) is 0 Å². The highest BCUT2D eigenvalue weighted by Gasteiger charge is 2.11. The molecular formula is C21H28N2O3. The predicted octanol–water partition coefficient (Wildman–Crippen LogP) is 4.10. The van der Waals surface area contributed by atoms with Crippen molar-refractivity contribution < 1.29 is 14.3 Å². The van der Waals surface area contributed by atoms with Crippen LogP contribution in [0.3, 0.4) is 0 Å². The topological polar surface area (TPSA) is 68.3 Å². The molecule has 1 aromatic heterocycles. The van der Waals surface area contributed by atoms with E-state index in [0.717, 1.165) is 47.8 Å². The molecule has 1 heterocycles. The highest BCUT2D eigenvalue weighted by Crippen LogP contribution is 2.18. The van der Waals surface area contributed by atoms with E-state index in [4.69, 9.17) is 4.74 Å². The van der Waals surface area contributed by atoms with Gasteiger partial charge in [-0.15, -0.1) is 0 Å². The van der Waals surface area contributed by atoms with E-state index in [0.29, 0.717) is 25.1 Å². The number of nitrogens with one attached hydrogen (secondary N) is 1. The van der Waals surface area contributed by atoms with E-state index in [-0.39, 0.29) is 11.9 Å². The lowest BCUT2D eigenvalue weighted by Gasteiger charge is -2.09. The first-order valence-electron chi connectivity index (χ1n) is 9.33. The van der Waals surface area contributed by atoms with Gasteiger partial charge < -0.3 is 10.1 Å². The van der Waals surface area contributed by atoms with Gasteiger partial charge >= 0.3 is 5.97 Å². The Labute approximate surface area is 155 Å². The zero-order chi connectivity index (χ0) is 18.9. The van der Waals surface area contributed by atoms with Gasteiger partial charge in [0.15, 0.2) is 0 Å². The smallest absolute Gasteiger partial charge is 0.305 e. The molecule has 0 spiro atoms. The van der Waals surface area contributed by atoms with Gasteiger partial charge in [0, 0.05) is 18.4 Å². The third-order valence-electron chi connectivity index (χ3n) is 4.31. The molecule has 0 aliphatic rings. The first-order valence-corrected chi connectivity index (χ1v) is 9.33. The van der Waals surface area contributed by atoms with E-state index in [1.807, 2.05) is 45.0 Å². The van der Waals surface area contributed by atoms with Gasteiger partial charge in [-0.05, 0) is 51.3 Å². The maximum Gasteiger partial charge on any atom is 0.305 e. The number of aromatic nitrogens is 1. The minimum atomic E-state index is -0.129. The Balaban J connectivity index is 1.76. The molecule has 5 nitrogen and oxygen atoms in total. The second-order valence-corrected chi connectivity index (χ2v) is 6.54. The summed E-state index contributed by atoms with van der Waals surface area (Å²) in [6.07, 6.45) is 4.15. The van der Waals surface area contributed by atoms with Crippen LogP contribution in [-0.2, 0) is 9.53 Å². The number of rotatable bonds is 9. The maximum absolute atomic E-state index is 12.4. The second kappa shape index (κ2) is 9.90. The van der Waals surface area contributed by atoms with Crippen LogP contribution in [0.4, 0.5) is 0 Å². The Morgan fingerprint density at radius 1 is 1.08 bits per heavy atom. The third-order valence-corrected chi connectivity index (χ3v) is 4.31. The zero-order valence-electron chi connectivity index (χ0n) is 15.9. The van der Waals surface area contributed by atoms with Crippen molar-refractivity contribution in [1.82, 2.24) is 10.3 Å². The summed E-state index contributed by atoms with van der Waals surface area (Å²) in [7, 11) is 0. The molecule has 2 rings (SSSR count). The lowest BCUT2D eigenvalue weighted by atomic mass is 10.1. The van der Waals surface area contributed by atoms with Crippen molar-refractivity contribution in [3.8, 4) is 0 Å². The van der Waals surface area contributed by atoms with Crippen LogP contribution in [0.15, 0.2) is 24.3 Å². The number of hydrogen-bond acceptors (Lipinski definition) is 4. The van der Waals surface area contributed by atoms with Crippen LogP contribution in [0.5, 0.6) is 0 Å². The number of ether oxygens (including phenoxy) is 1. The molecule has 0 fully saturated rings. The van der Waals surface area contributed by atoms with Gasteiger partial charge in [-0.2, -0.15) is 0 Å². The molecular weight excluding hydrogens is 328 g/mol. The number of esters is 1. The van der Waals surface area contributed by atoms with E-state index in [2.05, 4.69) is 10.3 Å². The lowest BCUT2D eigenvalue weighted by Crippen LogP contribution is -2.25. The molecule has 1 amide bonds. The fourth-order valence-electron chi connectivity index (χ4n) is 2.88. The summed E-state index contributed by atoms with van der Waals surface area (Å²) in [5, 5.41) is 3.94. The fraction of sp³-hybridized carbons (Fsp3) is 0.476. The van der Waals surface area contributed by atoms with Crippen LogP contribution < -0.4 is 5.32 Å². The second-order valence-electron chi connectivity index (χ2n) is 6.54. The van der Waals surface area contributed by atoms with Crippen LogP contribution in [0.2, 0.25) is 0 Å². The van der Waals surface area contributed by atoms with Crippen molar-refractivity contribution >= 4 is 22.8 Å². The Hall–Kier alpha value is -2.43. The van der Waals surface area contributed by atoms with Crippen LogP contribution in [0, 0.1) is 13.8 Å². The minimum Gasteiger partial charge on any atom is -0.466 e. The van der Waals surface area contributed by atoms with Gasteiger partial charge in [0.05, 0.1) is 23.4 Å². The van der Waals surface area contributed by atoms with E-state index in [1.165, 1.54) is 0 Å². The average molecular weight is 356 g/mol. The van der Waals surface area contributed by atoms with E-state index < -0.39 is 0 Å². The Bertz CT molecular complexity index is 771. The van der Waals surface area contributed by atoms with Crippen molar-refractivity contribution in [1.29, 1.82) is 0 Å². The predicted molar refractivity (Wildman–Crippen MR) is 103 cm³/mol. The standard InChI is InChI=1S/C21H28N2O3/c1-4-26-20(24)9-7-5-6-8-12-22-21(25)18-14-17-11-10-15(2)13-19(17)23-16(18)3/h10-11,13-14H,4-9,12H2,1-3H3,(H,22,25). The highest BCUT2D eigenvalue weighted by atomic mass is 16.5. The molecule has 0 aliphatic heterocycles. The number of amides is 1. The third kappa shape index (κ3) is 5.83. The van der Waals surface area contributed by atoms with Crippen LogP contribution in [0.25, 0.3) is 10.9 Å². The largest absolute Gasteiger partial charge is 0.466 e. The van der Waals surface area contributed by atoms with Crippen molar-refractivity contribution in [2.45, 2.75) is 52.9 Å². The Kier molecular flexibility index (Phi) is 7.57. The molecule has 26 heavy (non-hydrogen) atoms. The van der Waals surface area contributed by atoms with Gasteiger partial charge in [-0.1, -0.05) is 25.0 Å². The van der Waals surface area contributed by atoms with Crippen LogP contribution in [0.1, 0.15) is 60.6 Å². The highest BCUT2D eigenvalue weighted by molar-refractivity contribution is 5.98. The lowest BCUT2D eigenvalue weighted by molar-refractivity contribution is -0.143. The molecule has 1 aromatic carbocycles. The Morgan fingerprint density at radius 2 is 1.85 bits per heavy atom. The van der Waals surface area contributed by atoms with E-state index >= 15 is 0 Å². The Morgan fingerprint density at radius 3 is 2.62 bits per heavy atom. The molecule has 0 saturated heterocycles. The number of pyridine rings is 1. The normalized spacial score (nSPS) is 10.7. The number of hydrogen-bond donors (Lipinski definition) is 1. The molecule has 5 heteroatoms. The summed E-state index contributed by atoms with van der Waals surface area (Å²) in [6.45, 7) is 6.78. The number of unbranched alkanes of at least 4 members (excludes halogenated alkanes) is 3. The van der Waals surface area contributed by atoms with E-state index in [9.17, 15) is 9.59 Å². The summed E-state index contributed by atoms with van der Waals surface area (Å²) in [4.78, 5) is 28.2. The number of fused-ring (bicyclic) bond motifs is 1. The molecule has 1 N–H and O–H groups in total. The molecule has 0 radical (unpaired) electrons. The zero-order valence-corrected chi connectivity index (χ0v) is 15.9. The minimum absolute atomic E-state index is 0.0796. The molecule has 0 bridgehead atoms. The average Bonchev–Trinajstić information content (AvgIpc) is 2.60. The summed E-state index contributed by atoms with van der Waals surface area (Å²) in [5.74, 6) is -0.209. The summed E-state index contributed by atoms with van der Waals surface area (Å²) < 4.78 is 4.90. The number of aryl methyl sites for hydroxylation is 2. The first-order chi connectivity index (χ1) is 12.5. The first kappa shape index (κ1) is 19.9. The molecule has 0 unspecified atom stereocenters. The van der Waals surface area contributed by atoms with Gasteiger partial charge in [-0.25, -0.2) is 0 Å². The van der Waals surface area contributed by atoms with Crippen molar-refractivity contribution in [3.63, 3.8) is 0 Å². The number of benzene rings is 1. The van der Waals surface area contributed by atoms with Crippen molar-refractivity contribution in [3.05, 3.63) is 41.1 Å². The summed E-state index contributed by atoms with van der Waals surface area (Å²) in [6, 6.07) is 7.96. The van der Waals surface area contributed by atoms with E-state index in [1.54, 1.807) is 0 Å². The molecule has 2 aromatic rings.